The van der Waals surface area contributed by atoms with Crippen LogP contribution in [0, 0.1) is 11.3 Å². The average molecular weight is 471 g/mol. The second-order valence-electron chi connectivity index (χ2n) is 9.11. The van der Waals surface area contributed by atoms with Crippen molar-refractivity contribution in [3.63, 3.8) is 0 Å². The smallest absolute Gasteiger partial charge is 0.407 e. The van der Waals surface area contributed by atoms with Gasteiger partial charge >= 0.3 is 6.09 Å². The predicted molar refractivity (Wildman–Crippen MR) is 130 cm³/mol. The fourth-order valence-electron chi connectivity index (χ4n) is 5.38. The monoisotopic (exact) mass is 470 g/mol. The van der Waals surface area contributed by atoms with Gasteiger partial charge < -0.3 is 20.1 Å². The topological polar surface area (TPSA) is 76.7 Å². The second-order valence-corrected chi connectivity index (χ2v) is 10.2. The molecule has 6 nitrogen and oxygen atoms in total. The number of hydrogen-bond donors (Lipinski definition) is 2. The molecule has 1 aliphatic heterocycles. The fraction of sp³-hybridized carbons (Fsp3) is 0.538. The van der Waals surface area contributed by atoms with E-state index in [1.165, 1.54) is 10.5 Å². The first kappa shape index (κ1) is 23.7. The highest BCUT2D eigenvalue weighted by molar-refractivity contribution is 7.99. The average Bonchev–Trinajstić information content (AvgIpc) is 3.28. The lowest BCUT2D eigenvalue weighted by Crippen LogP contribution is -2.47. The van der Waals surface area contributed by atoms with Crippen LogP contribution in [-0.2, 0) is 14.3 Å². The molecule has 2 aliphatic carbocycles. The van der Waals surface area contributed by atoms with Gasteiger partial charge in [-0.1, -0.05) is 30.4 Å². The standard InChI is InChI=1S/C26H34N2O4S/c1-3-27-25(30)32-18-12-14-26(15-13-18,21-16-33-23-11-7-5-8-19(21)23)17-28-24(29)20-9-4-6-10-22(20)31-2/h4-8,10-11,18,20-21H,3,9,12-17H2,1-2H3,(H,27,30)(H,28,29)/t18-,20?,21?,26-. The lowest BCUT2D eigenvalue weighted by Gasteiger charge is -2.44. The number of rotatable bonds is 7. The molecule has 1 fully saturated rings. The van der Waals surface area contributed by atoms with Crippen LogP contribution in [0.2, 0.25) is 0 Å². The number of fused-ring (bicyclic) bond motifs is 1. The normalized spacial score (nSPS) is 28.4. The van der Waals surface area contributed by atoms with E-state index in [-0.39, 0.29) is 29.4 Å². The van der Waals surface area contributed by atoms with Crippen molar-refractivity contribution in [1.29, 1.82) is 0 Å². The molecule has 2 N–H and O–H groups in total. The van der Waals surface area contributed by atoms with Gasteiger partial charge in [0.2, 0.25) is 5.91 Å². The molecule has 33 heavy (non-hydrogen) atoms. The van der Waals surface area contributed by atoms with Gasteiger partial charge in [-0.3, -0.25) is 4.79 Å². The number of methoxy groups -OCH3 is 1. The molecule has 1 heterocycles. The van der Waals surface area contributed by atoms with Gasteiger partial charge in [-0.25, -0.2) is 4.79 Å². The summed E-state index contributed by atoms with van der Waals surface area (Å²) in [4.78, 5) is 26.4. The SMILES string of the molecule is CCNC(=O)O[C@H]1CC[C@](CNC(=O)C2CC=CC=C2OC)(C2CSc3ccccc32)CC1. The molecular weight excluding hydrogens is 436 g/mol. The molecule has 0 aromatic heterocycles. The Hall–Kier alpha value is -2.41. The minimum absolute atomic E-state index is 0.0199. The molecule has 1 saturated carbocycles. The number of hydrogen-bond acceptors (Lipinski definition) is 5. The summed E-state index contributed by atoms with van der Waals surface area (Å²) >= 11 is 1.91. The Bertz CT molecular complexity index is 921. The molecular formula is C26H34N2O4S. The lowest BCUT2D eigenvalue weighted by atomic mass is 9.63. The third-order valence-corrected chi connectivity index (χ3v) is 8.42. The van der Waals surface area contributed by atoms with E-state index in [2.05, 4.69) is 34.9 Å². The zero-order valence-corrected chi connectivity index (χ0v) is 20.3. The first-order valence-corrected chi connectivity index (χ1v) is 12.9. The Labute approximate surface area is 200 Å². The van der Waals surface area contributed by atoms with Crippen molar-refractivity contribution in [2.45, 2.75) is 55.9 Å². The Morgan fingerprint density at radius 1 is 1.18 bits per heavy atom. The Balaban J connectivity index is 1.49. The molecule has 3 aliphatic rings. The minimum atomic E-state index is -0.339. The Morgan fingerprint density at radius 2 is 1.97 bits per heavy atom. The first-order valence-electron chi connectivity index (χ1n) is 11.9. The number of nitrogens with one attached hydrogen (secondary N) is 2. The summed E-state index contributed by atoms with van der Waals surface area (Å²) in [7, 11) is 1.62. The fourth-order valence-corrected chi connectivity index (χ4v) is 6.81. The molecule has 4 rings (SSSR count). The number of thioether (sulfide) groups is 1. The summed E-state index contributed by atoms with van der Waals surface area (Å²) in [5.41, 5.74) is 1.33. The van der Waals surface area contributed by atoms with Gasteiger partial charge in [0.05, 0.1) is 13.0 Å². The Morgan fingerprint density at radius 3 is 2.73 bits per heavy atom. The van der Waals surface area contributed by atoms with Gasteiger partial charge in [-0.2, -0.15) is 0 Å². The molecule has 0 saturated heterocycles. The summed E-state index contributed by atoms with van der Waals surface area (Å²) in [6.45, 7) is 3.07. The molecule has 1 aromatic rings. The van der Waals surface area contributed by atoms with Gasteiger partial charge in [-0.05, 0) is 62.1 Å². The largest absolute Gasteiger partial charge is 0.500 e. The van der Waals surface area contributed by atoms with E-state index in [1.54, 1.807) is 7.11 Å². The van der Waals surface area contributed by atoms with Crippen LogP contribution >= 0.6 is 11.8 Å². The number of benzene rings is 1. The summed E-state index contributed by atoms with van der Waals surface area (Å²) in [5, 5.41) is 6.01. The van der Waals surface area contributed by atoms with E-state index in [9.17, 15) is 9.59 Å². The third-order valence-electron chi connectivity index (χ3n) is 7.24. The number of alkyl carbamates (subject to hydrolysis) is 1. The van der Waals surface area contributed by atoms with Crippen LogP contribution in [0.4, 0.5) is 4.79 Å². The highest BCUT2D eigenvalue weighted by atomic mass is 32.2. The van der Waals surface area contributed by atoms with E-state index in [0.717, 1.165) is 31.4 Å². The van der Waals surface area contributed by atoms with Gasteiger partial charge in [0.1, 0.15) is 11.9 Å². The van der Waals surface area contributed by atoms with E-state index in [4.69, 9.17) is 9.47 Å². The van der Waals surface area contributed by atoms with Crippen LogP contribution < -0.4 is 10.6 Å². The summed E-state index contributed by atoms with van der Waals surface area (Å²) < 4.78 is 11.1. The summed E-state index contributed by atoms with van der Waals surface area (Å²) in [5.74, 6) is 1.84. The van der Waals surface area contributed by atoms with Crippen LogP contribution in [0.3, 0.4) is 0 Å². The number of amides is 2. The lowest BCUT2D eigenvalue weighted by molar-refractivity contribution is -0.125. The van der Waals surface area contributed by atoms with Gasteiger partial charge in [0.25, 0.3) is 0 Å². The molecule has 7 heteroatoms. The highest BCUT2D eigenvalue weighted by Gasteiger charge is 2.46. The van der Waals surface area contributed by atoms with Crippen molar-refractivity contribution >= 4 is 23.8 Å². The van der Waals surface area contributed by atoms with Crippen LogP contribution in [0.5, 0.6) is 0 Å². The molecule has 1 aromatic carbocycles. The number of ether oxygens (including phenoxy) is 2. The highest BCUT2D eigenvalue weighted by Crippen LogP contribution is 2.54. The zero-order valence-electron chi connectivity index (χ0n) is 19.5. The maximum atomic E-state index is 13.1. The Kier molecular flexibility index (Phi) is 7.68. The molecule has 2 amide bonds. The third kappa shape index (κ3) is 5.24. The maximum absolute atomic E-state index is 13.1. The zero-order chi connectivity index (χ0) is 23.3. The van der Waals surface area contributed by atoms with Gasteiger partial charge in [0.15, 0.2) is 0 Å². The number of allylic oxidation sites excluding steroid dienone is 3. The van der Waals surface area contributed by atoms with Crippen molar-refractivity contribution in [3.8, 4) is 0 Å². The maximum Gasteiger partial charge on any atom is 0.407 e. The summed E-state index contributed by atoms with van der Waals surface area (Å²) in [6.07, 6.45) is 9.51. The molecule has 0 spiro atoms. The van der Waals surface area contributed by atoms with Crippen molar-refractivity contribution in [3.05, 3.63) is 53.8 Å². The predicted octanol–water partition coefficient (Wildman–Crippen LogP) is 4.77. The number of carbonyl (C=O) groups excluding carboxylic acids is 2. The first-order chi connectivity index (χ1) is 16.1. The van der Waals surface area contributed by atoms with Crippen molar-refractivity contribution in [2.75, 3.05) is 26.0 Å². The molecule has 2 unspecified atom stereocenters. The van der Waals surface area contributed by atoms with Crippen molar-refractivity contribution in [2.24, 2.45) is 11.3 Å². The quantitative estimate of drug-likeness (QED) is 0.600. The molecule has 2 atom stereocenters. The van der Waals surface area contributed by atoms with Crippen LogP contribution in [0.15, 0.2) is 53.1 Å². The molecule has 178 valence electrons. The molecule has 0 radical (unpaired) electrons. The summed E-state index contributed by atoms with van der Waals surface area (Å²) in [6, 6.07) is 8.63. The van der Waals surface area contributed by atoms with E-state index in [0.29, 0.717) is 31.2 Å². The number of carbonyl (C=O) groups is 2. The van der Waals surface area contributed by atoms with Gasteiger partial charge in [-0.15, -0.1) is 11.8 Å². The molecule has 0 bridgehead atoms. The van der Waals surface area contributed by atoms with E-state index < -0.39 is 0 Å². The second kappa shape index (κ2) is 10.7. The van der Waals surface area contributed by atoms with Crippen molar-refractivity contribution in [1.82, 2.24) is 10.6 Å². The van der Waals surface area contributed by atoms with E-state index in [1.807, 2.05) is 36.9 Å². The van der Waals surface area contributed by atoms with Crippen LogP contribution in [0.1, 0.15) is 50.5 Å². The van der Waals surface area contributed by atoms with Gasteiger partial charge in [0, 0.05) is 29.7 Å². The van der Waals surface area contributed by atoms with Crippen LogP contribution in [-0.4, -0.2) is 44.1 Å². The van der Waals surface area contributed by atoms with Crippen molar-refractivity contribution < 1.29 is 19.1 Å². The van der Waals surface area contributed by atoms with E-state index >= 15 is 0 Å². The van der Waals surface area contributed by atoms with Crippen LogP contribution in [0.25, 0.3) is 0 Å². The minimum Gasteiger partial charge on any atom is -0.500 e.